The molecule has 0 radical (unpaired) electrons. The molecule has 0 aliphatic carbocycles. The molecule has 5 heteroatoms. The summed E-state index contributed by atoms with van der Waals surface area (Å²) in [4.78, 5) is 10.0. The Hall–Kier alpha value is -1.49. The Bertz CT molecular complexity index is 301. The molecule has 5 nitrogen and oxygen atoms in total. The van der Waals surface area contributed by atoms with Gasteiger partial charge in [0.2, 0.25) is 0 Å². The van der Waals surface area contributed by atoms with Gasteiger partial charge in [-0.05, 0) is 39.3 Å². The fourth-order valence-corrected chi connectivity index (χ4v) is 1.01. The maximum absolute atomic E-state index is 10.0. The van der Waals surface area contributed by atoms with Gasteiger partial charge in [-0.25, -0.2) is 4.79 Å². The molecule has 17 heavy (non-hydrogen) atoms. The van der Waals surface area contributed by atoms with Crippen molar-refractivity contribution < 1.29 is 19.1 Å². The highest BCUT2D eigenvalue weighted by atomic mass is 16.6. The summed E-state index contributed by atoms with van der Waals surface area (Å²) in [5.41, 5.74) is 4.26. The average molecular weight is 243 g/mol. The topological polar surface area (TPSA) is 85.7 Å². The third kappa shape index (κ3) is 10.8. The van der Waals surface area contributed by atoms with E-state index in [1.165, 1.54) is 0 Å². The van der Waals surface area contributed by atoms with E-state index in [1.54, 1.807) is 27.0 Å². The van der Waals surface area contributed by atoms with Crippen molar-refractivity contribution in [2.75, 3.05) is 6.61 Å². The third-order valence-corrected chi connectivity index (χ3v) is 1.57. The summed E-state index contributed by atoms with van der Waals surface area (Å²) >= 11 is 0. The Labute approximate surface area is 102 Å². The Morgan fingerprint density at radius 3 is 2.47 bits per heavy atom. The predicted molar refractivity (Wildman–Crippen MR) is 64.5 cm³/mol. The van der Waals surface area contributed by atoms with E-state index in [-0.39, 0.29) is 6.61 Å². The zero-order valence-electron chi connectivity index (χ0n) is 10.6. The lowest BCUT2D eigenvalue weighted by atomic mass is 10.2. The van der Waals surface area contributed by atoms with Crippen LogP contribution in [0.15, 0.2) is 22.8 Å². The number of carbonyl (C=O) groups excluding carboxylic acids is 1. The molecule has 1 amide bonds. The van der Waals surface area contributed by atoms with Crippen LogP contribution in [0.3, 0.4) is 0 Å². The molecular weight excluding hydrogens is 222 g/mol. The molecular formula is C12H21NO4. The SMILES string of the molecule is CC(C)(C)OC(N)=O.OCCCc1ccco1. The van der Waals surface area contributed by atoms with Gasteiger partial charge in [0.15, 0.2) is 0 Å². The van der Waals surface area contributed by atoms with Gasteiger partial charge in [-0.2, -0.15) is 0 Å². The quantitative estimate of drug-likeness (QED) is 0.851. The molecule has 1 aromatic rings. The largest absolute Gasteiger partial charge is 0.469 e. The first-order chi connectivity index (χ1) is 7.85. The van der Waals surface area contributed by atoms with Gasteiger partial charge in [-0.1, -0.05) is 0 Å². The molecule has 0 aliphatic rings. The standard InChI is InChI=1S/C7H10O2.C5H11NO2/c8-5-1-3-7-4-2-6-9-7;1-5(2,3)8-4(6)7/h2,4,6,8H,1,3,5H2;1-3H3,(H2,6,7). The van der Waals surface area contributed by atoms with Crippen LogP contribution in [0.5, 0.6) is 0 Å². The number of aliphatic hydroxyl groups excluding tert-OH is 1. The highest BCUT2D eigenvalue weighted by Gasteiger charge is 2.12. The Balaban J connectivity index is 0.000000304. The zero-order chi connectivity index (χ0) is 13.3. The number of aryl methyl sites for hydroxylation is 1. The number of nitrogens with two attached hydrogens (primary N) is 1. The molecule has 0 aromatic carbocycles. The Morgan fingerprint density at radius 1 is 1.53 bits per heavy atom. The summed E-state index contributed by atoms with van der Waals surface area (Å²) in [5.74, 6) is 0.948. The number of carbonyl (C=O) groups is 1. The molecule has 3 N–H and O–H groups in total. The van der Waals surface area contributed by atoms with Crippen molar-refractivity contribution >= 4 is 6.09 Å². The van der Waals surface area contributed by atoms with Crippen LogP contribution in [0.25, 0.3) is 0 Å². The minimum atomic E-state index is -0.725. The first-order valence-electron chi connectivity index (χ1n) is 5.47. The number of rotatable bonds is 3. The number of furan rings is 1. The lowest BCUT2D eigenvalue weighted by molar-refractivity contribution is 0.0600. The van der Waals surface area contributed by atoms with Crippen LogP contribution in [0.4, 0.5) is 4.79 Å². The fraction of sp³-hybridized carbons (Fsp3) is 0.583. The maximum atomic E-state index is 10.0. The van der Waals surface area contributed by atoms with Gasteiger partial charge in [0.25, 0.3) is 0 Å². The molecule has 0 saturated heterocycles. The molecule has 98 valence electrons. The lowest BCUT2D eigenvalue weighted by Gasteiger charge is -2.16. The van der Waals surface area contributed by atoms with Crippen molar-refractivity contribution in [3.05, 3.63) is 24.2 Å². The van der Waals surface area contributed by atoms with Crippen LogP contribution in [0, 0.1) is 0 Å². The van der Waals surface area contributed by atoms with Gasteiger partial charge >= 0.3 is 6.09 Å². The Morgan fingerprint density at radius 2 is 2.18 bits per heavy atom. The van der Waals surface area contributed by atoms with Crippen molar-refractivity contribution in [2.24, 2.45) is 5.73 Å². The highest BCUT2D eigenvalue weighted by Crippen LogP contribution is 2.04. The number of amides is 1. The highest BCUT2D eigenvalue weighted by molar-refractivity contribution is 5.65. The maximum Gasteiger partial charge on any atom is 0.405 e. The van der Waals surface area contributed by atoms with Crippen molar-refractivity contribution in [3.63, 3.8) is 0 Å². The van der Waals surface area contributed by atoms with E-state index < -0.39 is 11.7 Å². The van der Waals surface area contributed by atoms with Gasteiger partial charge in [0.05, 0.1) is 6.26 Å². The summed E-state index contributed by atoms with van der Waals surface area (Å²) in [5, 5.41) is 8.42. The summed E-state index contributed by atoms with van der Waals surface area (Å²) in [7, 11) is 0. The van der Waals surface area contributed by atoms with E-state index >= 15 is 0 Å². The second-order valence-corrected chi connectivity index (χ2v) is 4.44. The monoisotopic (exact) mass is 243 g/mol. The van der Waals surface area contributed by atoms with E-state index in [4.69, 9.17) is 15.3 Å². The molecule has 1 rings (SSSR count). The van der Waals surface area contributed by atoms with E-state index in [9.17, 15) is 4.79 Å². The smallest absolute Gasteiger partial charge is 0.405 e. The second-order valence-electron chi connectivity index (χ2n) is 4.44. The second kappa shape index (κ2) is 7.73. The van der Waals surface area contributed by atoms with Crippen LogP contribution in [-0.2, 0) is 11.2 Å². The van der Waals surface area contributed by atoms with Crippen LogP contribution >= 0.6 is 0 Å². The molecule has 0 spiro atoms. The number of hydrogen-bond donors (Lipinski definition) is 2. The van der Waals surface area contributed by atoms with Gasteiger partial charge in [0, 0.05) is 13.0 Å². The lowest BCUT2D eigenvalue weighted by Crippen LogP contribution is -2.27. The fourth-order valence-electron chi connectivity index (χ4n) is 1.01. The van der Waals surface area contributed by atoms with Gasteiger partial charge in [-0.15, -0.1) is 0 Å². The van der Waals surface area contributed by atoms with Crippen molar-refractivity contribution in [1.82, 2.24) is 0 Å². The van der Waals surface area contributed by atoms with E-state index in [2.05, 4.69) is 4.74 Å². The predicted octanol–water partition coefficient (Wildman–Crippen LogP) is 2.08. The normalized spacial score (nSPS) is 10.4. The van der Waals surface area contributed by atoms with Crippen LogP contribution < -0.4 is 5.73 Å². The number of ether oxygens (including phenoxy) is 1. The van der Waals surface area contributed by atoms with Crippen molar-refractivity contribution in [3.8, 4) is 0 Å². The number of primary amides is 1. The van der Waals surface area contributed by atoms with Gasteiger partial charge < -0.3 is 20.0 Å². The molecule has 0 aliphatic heterocycles. The van der Waals surface area contributed by atoms with Crippen LogP contribution in [0.2, 0.25) is 0 Å². The zero-order valence-corrected chi connectivity index (χ0v) is 10.6. The molecule has 0 unspecified atom stereocenters. The first-order valence-corrected chi connectivity index (χ1v) is 5.47. The first kappa shape index (κ1) is 15.5. The Kier molecular flexibility index (Phi) is 7.05. The molecule has 0 fully saturated rings. The number of aliphatic hydroxyl groups is 1. The van der Waals surface area contributed by atoms with Gasteiger partial charge in [-0.3, -0.25) is 0 Å². The average Bonchev–Trinajstić information content (AvgIpc) is 2.63. The van der Waals surface area contributed by atoms with Crippen molar-refractivity contribution in [1.29, 1.82) is 0 Å². The van der Waals surface area contributed by atoms with Gasteiger partial charge in [0.1, 0.15) is 11.4 Å². The van der Waals surface area contributed by atoms with E-state index in [0.717, 1.165) is 18.6 Å². The summed E-state index contributed by atoms with van der Waals surface area (Å²) < 4.78 is 9.60. The molecule has 0 atom stereocenters. The van der Waals surface area contributed by atoms with Crippen molar-refractivity contribution in [2.45, 2.75) is 39.2 Å². The minimum Gasteiger partial charge on any atom is -0.469 e. The third-order valence-electron chi connectivity index (χ3n) is 1.57. The summed E-state index contributed by atoms with van der Waals surface area (Å²) in [6.07, 6.45) is 2.54. The minimum absolute atomic E-state index is 0.237. The summed E-state index contributed by atoms with van der Waals surface area (Å²) in [6.45, 7) is 5.52. The molecule has 0 saturated carbocycles. The molecule has 1 aromatic heterocycles. The number of hydrogen-bond acceptors (Lipinski definition) is 4. The van der Waals surface area contributed by atoms with Crippen LogP contribution in [-0.4, -0.2) is 23.4 Å². The van der Waals surface area contributed by atoms with E-state index in [0.29, 0.717) is 0 Å². The molecule has 0 bridgehead atoms. The van der Waals surface area contributed by atoms with Crippen LogP contribution in [0.1, 0.15) is 33.0 Å². The van der Waals surface area contributed by atoms with E-state index in [1.807, 2.05) is 12.1 Å². The summed E-state index contributed by atoms with van der Waals surface area (Å²) in [6, 6.07) is 3.77. The molecule has 1 heterocycles.